The standard InChI is InChI=1S/C17H23ClN4O/c1-4-15-13(16(5-2)23-22-15)11-21-17(19-3)20-10-12-8-6-7-9-14(12)18/h6-9H,4-5,10-11H2,1-3H3,(H2,19,20,21). The van der Waals surface area contributed by atoms with Gasteiger partial charge in [0.2, 0.25) is 0 Å². The highest BCUT2D eigenvalue weighted by molar-refractivity contribution is 6.31. The molecule has 0 fully saturated rings. The van der Waals surface area contributed by atoms with Crippen LogP contribution in [0.2, 0.25) is 5.02 Å². The van der Waals surface area contributed by atoms with E-state index in [9.17, 15) is 0 Å². The molecule has 2 aromatic rings. The summed E-state index contributed by atoms with van der Waals surface area (Å²) in [5.74, 6) is 1.64. The minimum atomic E-state index is 0.615. The molecule has 0 bridgehead atoms. The summed E-state index contributed by atoms with van der Waals surface area (Å²) >= 11 is 6.17. The fourth-order valence-electron chi connectivity index (χ4n) is 2.35. The maximum absolute atomic E-state index is 6.17. The Hall–Kier alpha value is -2.01. The van der Waals surface area contributed by atoms with E-state index in [1.165, 1.54) is 0 Å². The van der Waals surface area contributed by atoms with Gasteiger partial charge in [-0.05, 0) is 18.1 Å². The van der Waals surface area contributed by atoms with Crippen molar-refractivity contribution in [2.45, 2.75) is 39.8 Å². The summed E-state index contributed by atoms with van der Waals surface area (Å²) in [6.07, 6.45) is 1.68. The molecular formula is C17H23ClN4O. The minimum absolute atomic E-state index is 0.615. The Morgan fingerprint density at radius 1 is 1.17 bits per heavy atom. The van der Waals surface area contributed by atoms with Gasteiger partial charge in [0.1, 0.15) is 5.76 Å². The van der Waals surface area contributed by atoms with E-state index in [1.54, 1.807) is 7.05 Å². The van der Waals surface area contributed by atoms with Gasteiger partial charge in [-0.25, -0.2) is 0 Å². The van der Waals surface area contributed by atoms with E-state index < -0.39 is 0 Å². The second-order valence-corrected chi connectivity index (χ2v) is 5.52. The van der Waals surface area contributed by atoms with E-state index in [-0.39, 0.29) is 0 Å². The summed E-state index contributed by atoms with van der Waals surface area (Å²) in [5.41, 5.74) is 3.15. The Morgan fingerprint density at radius 2 is 1.91 bits per heavy atom. The summed E-state index contributed by atoms with van der Waals surface area (Å²) in [7, 11) is 1.75. The van der Waals surface area contributed by atoms with Crippen molar-refractivity contribution in [1.82, 2.24) is 15.8 Å². The minimum Gasteiger partial charge on any atom is -0.361 e. The van der Waals surface area contributed by atoms with Gasteiger partial charge in [0.05, 0.1) is 5.69 Å². The third kappa shape index (κ3) is 4.48. The zero-order valence-corrected chi connectivity index (χ0v) is 14.6. The van der Waals surface area contributed by atoms with Crippen LogP contribution >= 0.6 is 11.6 Å². The number of nitrogens with one attached hydrogen (secondary N) is 2. The molecule has 0 aliphatic rings. The van der Waals surface area contributed by atoms with Crippen LogP contribution in [0.5, 0.6) is 0 Å². The van der Waals surface area contributed by atoms with Crippen molar-refractivity contribution in [2.75, 3.05) is 7.05 Å². The predicted octanol–water partition coefficient (Wildman–Crippen LogP) is 3.32. The SMILES string of the molecule is CCc1noc(CC)c1CNC(=NC)NCc1ccccc1Cl. The quantitative estimate of drug-likeness (QED) is 0.628. The Kier molecular flexibility index (Phi) is 6.47. The summed E-state index contributed by atoms with van der Waals surface area (Å²) in [6.45, 7) is 5.39. The first kappa shape index (κ1) is 17.3. The van der Waals surface area contributed by atoms with Crippen molar-refractivity contribution in [3.8, 4) is 0 Å². The van der Waals surface area contributed by atoms with Crippen LogP contribution in [0.25, 0.3) is 0 Å². The number of aryl methyl sites for hydroxylation is 2. The molecule has 1 heterocycles. The van der Waals surface area contributed by atoms with Gasteiger partial charge in [-0.3, -0.25) is 4.99 Å². The van der Waals surface area contributed by atoms with Gasteiger partial charge in [-0.1, -0.05) is 48.8 Å². The maximum atomic E-state index is 6.17. The molecule has 0 amide bonds. The molecule has 2 N–H and O–H groups in total. The fraction of sp³-hybridized carbons (Fsp3) is 0.412. The van der Waals surface area contributed by atoms with Crippen LogP contribution in [0, 0.1) is 0 Å². The molecule has 23 heavy (non-hydrogen) atoms. The van der Waals surface area contributed by atoms with Crippen molar-refractivity contribution in [2.24, 2.45) is 4.99 Å². The predicted molar refractivity (Wildman–Crippen MR) is 93.7 cm³/mol. The van der Waals surface area contributed by atoms with E-state index in [2.05, 4.69) is 34.6 Å². The molecule has 6 heteroatoms. The van der Waals surface area contributed by atoms with E-state index in [0.717, 1.165) is 46.4 Å². The van der Waals surface area contributed by atoms with E-state index in [1.807, 2.05) is 24.3 Å². The highest BCUT2D eigenvalue weighted by atomic mass is 35.5. The van der Waals surface area contributed by atoms with Crippen LogP contribution in [0.15, 0.2) is 33.8 Å². The number of halogens is 1. The highest BCUT2D eigenvalue weighted by Gasteiger charge is 2.13. The zero-order valence-electron chi connectivity index (χ0n) is 13.8. The number of hydrogen-bond donors (Lipinski definition) is 2. The lowest BCUT2D eigenvalue weighted by molar-refractivity contribution is 0.380. The van der Waals surface area contributed by atoms with Crippen LogP contribution in [0.4, 0.5) is 0 Å². The molecule has 0 aliphatic carbocycles. The van der Waals surface area contributed by atoms with Gasteiger partial charge in [-0.2, -0.15) is 0 Å². The summed E-state index contributed by atoms with van der Waals surface area (Å²) in [6, 6.07) is 7.76. The zero-order chi connectivity index (χ0) is 16.7. The average Bonchev–Trinajstić information content (AvgIpc) is 2.98. The lowest BCUT2D eigenvalue weighted by atomic mass is 10.1. The van der Waals surface area contributed by atoms with Crippen LogP contribution in [0.1, 0.15) is 36.4 Å². The molecular weight excluding hydrogens is 312 g/mol. The Balaban J connectivity index is 1.96. The van der Waals surface area contributed by atoms with Crippen molar-refractivity contribution in [1.29, 1.82) is 0 Å². The van der Waals surface area contributed by atoms with Gasteiger partial charge in [0, 0.05) is 37.1 Å². The van der Waals surface area contributed by atoms with Gasteiger partial charge in [-0.15, -0.1) is 0 Å². The first-order valence-corrected chi connectivity index (χ1v) is 8.21. The van der Waals surface area contributed by atoms with Gasteiger partial charge in [0.15, 0.2) is 5.96 Å². The topological polar surface area (TPSA) is 62.5 Å². The molecule has 0 spiro atoms. The Bertz CT molecular complexity index is 645. The third-order valence-electron chi connectivity index (χ3n) is 3.67. The number of guanidine groups is 1. The molecule has 0 radical (unpaired) electrons. The van der Waals surface area contributed by atoms with E-state index >= 15 is 0 Å². The van der Waals surface area contributed by atoms with Crippen LogP contribution in [0.3, 0.4) is 0 Å². The molecule has 0 atom stereocenters. The molecule has 5 nitrogen and oxygen atoms in total. The van der Waals surface area contributed by atoms with Gasteiger partial charge < -0.3 is 15.2 Å². The number of benzene rings is 1. The van der Waals surface area contributed by atoms with Crippen LogP contribution in [-0.2, 0) is 25.9 Å². The summed E-state index contributed by atoms with van der Waals surface area (Å²) in [5, 5.41) is 11.4. The second-order valence-electron chi connectivity index (χ2n) is 5.11. The lowest BCUT2D eigenvalue weighted by Crippen LogP contribution is -2.36. The molecule has 0 saturated carbocycles. The first-order chi connectivity index (χ1) is 11.2. The molecule has 1 aromatic heterocycles. The van der Waals surface area contributed by atoms with Crippen molar-refractivity contribution in [3.63, 3.8) is 0 Å². The maximum Gasteiger partial charge on any atom is 0.191 e. The third-order valence-corrected chi connectivity index (χ3v) is 4.04. The lowest BCUT2D eigenvalue weighted by Gasteiger charge is -2.13. The highest BCUT2D eigenvalue weighted by Crippen LogP contribution is 2.16. The molecule has 2 rings (SSSR count). The molecule has 0 unspecified atom stereocenters. The summed E-state index contributed by atoms with van der Waals surface area (Å²) < 4.78 is 5.38. The van der Waals surface area contributed by atoms with Crippen molar-refractivity contribution in [3.05, 3.63) is 51.9 Å². The normalized spacial score (nSPS) is 11.6. The Labute approximate surface area is 142 Å². The summed E-state index contributed by atoms with van der Waals surface area (Å²) in [4.78, 5) is 4.24. The number of aliphatic imine (C=N–C) groups is 1. The van der Waals surface area contributed by atoms with Crippen LogP contribution < -0.4 is 10.6 Å². The monoisotopic (exact) mass is 334 g/mol. The Morgan fingerprint density at radius 3 is 2.57 bits per heavy atom. The second kappa shape index (κ2) is 8.58. The number of rotatable bonds is 6. The molecule has 1 aromatic carbocycles. The molecule has 0 saturated heterocycles. The first-order valence-electron chi connectivity index (χ1n) is 7.83. The van der Waals surface area contributed by atoms with E-state index in [4.69, 9.17) is 16.1 Å². The number of hydrogen-bond acceptors (Lipinski definition) is 3. The smallest absolute Gasteiger partial charge is 0.191 e. The largest absolute Gasteiger partial charge is 0.361 e. The fourth-order valence-corrected chi connectivity index (χ4v) is 2.55. The number of nitrogens with zero attached hydrogens (tertiary/aromatic N) is 2. The average molecular weight is 335 g/mol. The molecule has 124 valence electrons. The van der Waals surface area contributed by atoms with Crippen LogP contribution in [-0.4, -0.2) is 18.2 Å². The molecule has 0 aliphatic heterocycles. The number of aromatic nitrogens is 1. The van der Waals surface area contributed by atoms with Crippen molar-refractivity contribution < 1.29 is 4.52 Å². The van der Waals surface area contributed by atoms with E-state index in [0.29, 0.717) is 13.1 Å². The van der Waals surface area contributed by atoms with Gasteiger partial charge >= 0.3 is 0 Å². The van der Waals surface area contributed by atoms with Crippen molar-refractivity contribution >= 4 is 17.6 Å². The van der Waals surface area contributed by atoms with Gasteiger partial charge in [0.25, 0.3) is 0 Å².